The molecule has 2 heterocycles. The molecule has 0 fully saturated rings. The number of benzene rings is 5. The summed E-state index contributed by atoms with van der Waals surface area (Å²) in [6.45, 7) is 0. The summed E-state index contributed by atoms with van der Waals surface area (Å²) in [5.74, 6) is 0. The summed E-state index contributed by atoms with van der Waals surface area (Å²) >= 11 is 5.47. The Morgan fingerprint density at radius 3 is 2.00 bits per heavy atom. The van der Waals surface area contributed by atoms with E-state index in [1.165, 1.54) is 58.8 Å². The van der Waals surface area contributed by atoms with Gasteiger partial charge < -0.3 is 4.57 Å². The van der Waals surface area contributed by atoms with Crippen molar-refractivity contribution in [2.24, 2.45) is 0 Å². The molecule has 33 heavy (non-hydrogen) atoms. The number of fused-ring (bicyclic) bond motifs is 6. The Balaban J connectivity index is 1.48. The topological polar surface area (TPSA) is 4.93 Å². The van der Waals surface area contributed by atoms with Crippen molar-refractivity contribution in [3.8, 4) is 16.8 Å². The molecule has 0 saturated heterocycles. The van der Waals surface area contributed by atoms with Crippen molar-refractivity contribution in [3.05, 3.63) is 114 Å². The van der Waals surface area contributed by atoms with E-state index in [4.69, 9.17) is 0 Å². The lowest BCUT2D eigenvalue weighted by Gasteiger charge is -2.09. The van der Waals surface area contributed by atoms with Crippen LogP contribution in [0.4, 0.5) is 0 Å². The number of para-hydroxylation sites is 2. The maximum absolute atomic E-state index is 3.61. The van der Waals surface area contributed by atoms with Gasteiger partial charge in [0.05, 0.1) is 11.0 Å². The first-order valence-corrected chi connectivity index (χ1v) is 12.6. The molecule has 0 spiro atoms. The molecular formula is C30H18BrNS. The molecule has 156 valence electrons. The zero-order valence-electron chi connectivity index (χ0n) is 17.6. The fraction of sp³-hybridized carbons (Fsp3) is 0. The van der Waals surface area contributed by atoms with E-state index in [0.29, 0.717) is 0 Å². The number of halogens is 1. The highest BCUT2D eigenvalue weighted by atomic mass is 79.9. The van der Waals surface area contributed by atoms with Gasteiger partial charge in [0.15, 0.2) is 0 Å². The molecule has 0 saturated carbocycles. The third-order valence-corrected chi connectivity index (χ3v) is 8.07. The fourth-order valence-corrected chi connectivity index (χ4v) is 6.63. The van der Waals surface area contributed by atoms with E-state index >= 15 is 0 Å². The summed E-state index contributed by atoms with van der Waals surface area (Å²) in [7, 11) is 0. The second-order valence-corrected chi connectivity index (χ2v) is 10.4. The Bertz CT molecular complexity index is 1830. The number of hydrogen-bond acceptors (Lipinski definition) is 1. The van der Waals surface area contributed by atoms with Gasteiger partial charge in [0.2, 0.25) is 0 Å². The summed E-state index contributed by atoms with van der Waals surface area (Å²) in [6.07, 6.45) is 0. The van der Waals surface area contributed by atoms with E-state index in [9.17, 15) is 0 Å². The van der Waals surface area contributed by atoms with Crippen molar-refractivity contribution in [3.63, 3.8) is 0 Å². The molecule has 3 heteroatoms. The van der Waals surface area contributed by atoms with Crippen LogP contribution in [0.1, 0.15) is 0 Å². The first kappa shape index (κ1) is 19.1. The quantitative estimate of drug-likeness (QED) is 0.221. The van der Waals surface area contributed by atoms with E-state index in [2.05, 4.69) is 130 Å². The molecule has 0 aliphatic rings. The van der Waals surface area contributed by atoms with E-state index in [-0.39, 0.29) is 0 Å². The lowest BCUT2D eigenvalue weighted by molar-refractivity contribution is 1.18. The predicted molar refractivity (Wildman–Crippen MR) is 147 cm³/mol. The number of nitrogens with zero attached hydrogens (tertiary/aromatic N) is 1. The average Bonchev–Trinajstić information content (AvgIpc) is 3.38. The molecular weight excluding hydrogens is 486 g/mol. The second kappa shape index (κ2) is 7.31. The number of hydrogen-bond donors (Lipinski definition) is 0. The molecule has 0 unspecified atom stereocenters. The smallest absolute Gasteiger partial charge is 0.0547 e. The highest BCUT2D eigenvalue weighted by Gasteiger charge is 2.13. The zero-order chi connectivity index (χ0) is 21.9. The molecule has 2 aromatic heterocycles. The van der Waals surface area contributed by atoms with Crippen LogP contribution in [0.15, 0.2) is 114 Å². The lowest BCUT2D eigenvalue weighted by atomic mass is 10.0. The lowest BCUT2D eigenvalue weighted by Crippen LogP contribution is -1.93. The highest BCUT2D eigenvalue weighted by Crippen LogP contribution is 2.39. The van der Waals surface area contributed by atoms with Crippen LogP contribution in [0.5, 0.6) is 0 Å². The molecule has 0 radical (unpaired) electrons. The Labute approximate surface area is 203 Å². The SMILES string of the molecule is Brc1ccc2c(c1)sc1cc(-c3ccc4c5ccccc5n(-c5ccccc5)c4c3)ccc12. The van der Waals surface area contributed by atoms with Gasteiger partial charge in [-0.25, -0.2) is 0 Å². The molecule has 7 rings (SSSR count). The minimum absolute atomic E-state index is 1.13. The standard InChI is InChI=1S/C30H18BrNS/c31-21-12-15-26-25-14-11-20(17-29(25)33-30(26)18-21)19-10-13-24-23-8-4-5-9-27(23)32(28(24)16-19)22-6-2-1-3-7-22/h1-18H. The molecule has 0 bridgehead atoms. The van der Waals surface area contributed by atoms with Gasteiger partial charge in [0.25, 0.3) is 0 Å². The minimum Gasteiger partial charge on any atom is -0.309 e. The maximum atomic E-state index is 3.61. The normalized spacial score (nSPS) is 11.8. The molecule has 0 N–H and O–H groups in total. The van der Waals surface area contributed by atoms with Crippen LogP contribution >= 0.6 is 27.3 Å². The van der Waals surface area contributed by atoms with Gasteiger partial charge in [-0.1, -0.05) is 82.7 Å². The second-order valence-electron chi connectivity index (χ2n) is 8.37. The largest absolute Gasteiger partial charge is 0.309 e. The number of thiophene rings is 1. The molecule has 0 atom stereocenters. The Kier molecular flexibility index (Phi) is 4.23. The number of aromatic nitrogens is 1. The molecule has 1 nitrogen and oxygen atoms in total. The summed E-state index contributed by atoms with van der Waals surface area (Å²) in [5.41, 5.74) is 6.15. The monoisotopic (exact) mass is 503 g/mol. The maximum Gasteiger partial charge on any atom is 0.0547 e. The van der Waals surface area contributed by atoms with Crippen LogP contribution in [0.2, 0.25) is 0 Å². The minimum atomic E-state index is 1.13. The van der Waals surface area contributed by atoms with Gasteiger partial charge in [-0.2, -0.15) is 0 Å². The fourth-order valence-electron chi connectivity index (χ4n) is 4.94. The summed E-state index contributed by atoms with van der Waals surface area (Å²) in [5, 5.41) is 5.22. The van der Waals surface area contributed by atoms with Crippen molar-refractivity contribution in [2.45, 2.75) is 0 Å². The molecule has 0 amide bonds. The van der Waals surface area contributed by atoms with Crippen LogP contribution in [-0.4, -0.2) is 4.57 Å². The Morgan fingerprint density at radius 1 is 0.515 bits per heavy atom. The summed E-state index contributed by atoms with van der Waals surface area (Å²) in [6, 6.07) is 39.6. The number of rotatable bonds is 2. The Morgan fingerprint density at radius 2 is 1.15 bits per heavy atom. The molecule has 0 aliphatic carbocycles. The van der Waals surface area contributed by atoms with Crippen molar-refractivity contribution < 1.29 is 0 Å². The van der Waals surface area contributed by atoms with Gasteiger partial charge in [-0.05, 0) is 53.6 Å². The van der Waals surface area contributed by atoms with Crippen LogP contribution < -0.4 is 0 Å². The van der Waals surface area contributed by atoms with Crippen LogP contribution in [0.3, 0.4) is 0 Å². The van der Waals surface area contributed by atoms with E-state index < -0.39 is 0 Å². The third-order valence-electron chi connectivity index (χ3n) is 6.46. The van der Waals surface area contributed by atoms with Crippen molar-refractivity contribution in [1.29, 1.82) is 0 Å². The van der Waals surface area contributed by atoms with Crippen LogP contribution in [0.25, 0.3) is 58.8 Å². The first-order valence-electron chi connectivity index (χ1n) is 11.0. The molecule has 5 aromatic carbocycles. The molecule has 0 aliphatic heterocycles. The van der Waals surface area contributed by atoms with Crippen molar-refractivity contribution in [2.75, 3.05) is 0 Å². The van der Waals surface area contributed by atoms with Crippen LogP contribution in [0, 0.1) is 0 Å². The van der Waals surface area contributed by atoms with Crippen molar-refractivity contribution in [1.82, 2.24) is 4.57 Å². The molecule has 7 aromatic rings. The first-order chi connectivity index (χ1) is 16.3. The Hall–Kier alpha value is -3.40. The van der Waals surface area contributed by atoms with Gasteiger partial charge in [-0.15, -0.1) is 11.3 Å². The zero-order valence-corrected chi connectivity index (χ0v) is 20.0. The van der Waals surface area contributed by atoms with Crippen molar-refractivity contribution >= 4 is 69.2 Å². The highest BCUT2D eigenvalue weighted by molar-refractivity contribution is 9.10. The predicted octanol–water partition coefficient (Wildman–Crippen LogP) is 9.58. The van der Waals surface area contributed by atoms with E-state index in [0.717, 1.165) is 4.47 Å². The average molecular weight is 504 g/mol. The van der Waals surface area contributed by atoms with E-state index in [1.54, 1.807) is 0 Å². The van der Waals surface area contributed by atoms with Crippen LogP contribution in [-0.2, 0) is 0 Å². The van der Waals surface area contributed by atoms with Gasteiger partial charge in [0, 0.05) is 41.1 Å². The summed E-state index contributed by atoms with van der Waals surface area (Å²) in [4.78, 5) is 0. The van der Waals surface area contributed by atoms with Gasteiger partial charge in [-0.3, -0.25) is 0 Å². The third kappa shape index (κ3) is 2.97. The van der Waals surface area contributed by atoms with E-state index in [1.807, 2.05) is 11.3 Å². The summed E-state index contributed by atoms with van der Waals surface area (Å²) < 4.78 is 6.14. The van der Waals surface area contributed by atoms with Gasteiger partial charge in [0.1, 0.15) is 0 Å². The van der Waals surface area contributed by atoms with Gasteiger partial charge >= 0.3 is 0 Å².